The molecule has 1 saturated carbocycles. The van der Waals surface area contributed by atoms with Crippen molar-refractivity contribution in [2.45, 2.75) is 230 Å². The first-order valence-corrected chi connectivity index (χ1v) is 26.8. The summed E-state index contributed by atoms with van der Waals surface area (Å²) in [4.78, 5) is 23.2. The smallest absolute Gasteiger partial charge is 0.457 e. The molecule has 0 radical (unpaired) electrons. The summed E-state index contributed by atoms with van der Waals surface area (Å²) in [5, 5.41) is 50.3. The fraction of sp³-hybridized carbons (Fsp3) is 0.750. The minimum Gasteiger partial charge on any atom is -0.457 e. The van der Waals surface area contributed by atoms with Crippen LogP contribution in [0.2, 0.25) is 0 Å². The van der Waals surface area contributed by atoms with E-state index in [1.165, 1.54) is 77.0 Å². The molecule has 0 amide bonds. The highest BCUT2D eigenvalue weighted by Crippen LogP contribution is 2.47. The van der Waals surface area contributed by atoms with Crippen LogP contribution in [0.25, 0.3) is 0 Å². The predicted octanol–water partition coefficient (Wildman–Crippen LogP) is 11.1. The monoisotopic (exact) mass is 939 g/mol. The summed E-state index contributed by atoms with van der Waals surface area (Å²) in [5.41, 5.74) is 0. The van der Waals surface area contributed by atoms with Crippen molar-refractivity contribution in [3.8, 4) is 0 Å². The zero-order chi connectivity index (χ0) is 47.6. The van der Waals surface area contributed by atoms with Crippen molar-refractivity contribution >= 4 is 13.8 Å². The summed E-state index contributed by atoms with van der Waals surface area (Å²) >= 11 is 0. The molecule has 65 heavy (non-hydrogen) atoms. The average Bonchev–Trinajstić information content (AvgIpc) is 3.29. The van der Waals surface area contributed by atoms with Crippen LogP contribution in [0.1, 0.15) is 187 Å². The highest BCUT2D eigenvalue weighted by molar-refractivity contribution is 7.47. The molecular weight excluding hydrogens is 848 g/mol. The Morgan fingerprint density at radius 2 is 0.908 bits per heavy atom. The SMILES string of the molecule is CC/C=C\C/C=C\C/C=C\C/C=C\C/C=C\CCCCCC(=O)OC(COCCCCCCCCCC/C=C\CCCCCCCCC)COP(=O)(O)OC1C(O)C(O)C(O)C(O)C1O. The quantitative estimate of drug-likeness (QED) is 0.0147. The van der Waals surface area contributed by atoms with E-state index in [1.807, 2.05) is 0 Å². The Balaban J connectivity index is 2.39. The van der Waals surface area contributed by atoms with E-state index >= 15 is 0 Å². The van der Waals surface area contributed by atoms with Crippen LogP contribution in [0, 0.1) is 0 Å². The highest BCUT2D eigenvalue weighted by atomic mass is 31.2. The van der Waals surface area contributed by atoms with Gasteiger partial charge in [0.15, 0.2) is 0 Å². The minimum absolute atomic E-state index is 0.0956. The molecule has 0 spiro atoms. The third kappa shape index (κ3) is 33.8. The standard InChI is InChI=1S/C52H91O12P/c1-3-5-7-9-11-13-15-17-19-21-23-25-27-29-31-33-35-37-39-41-46(53)63-45(44-62-65(59,60)64-52-50(57)48(55)47(54)49(56)51(52)58)43-61-42-40-38-36-34-32-30-28-26-24-22-20-18-16-14-12-10-8-6-4-2/h5,7,11,13,17,19-20,22-23,25,29,31,45,47-52,54-58H,3-4,6,8-10,12,14-16,18,21,24,26-28,30,32-44H2,1-2H3,(H,59,60)/b7-5-,13-11-,19-17-,22-20-,25-23-,31-29-. The molecule has 1 aliphatic rings. The Bertz CT molecular complexity index is 1350. The van der Waals surface area contributed by atoms with Gasteiger partial charge >= 0.3 is 13.8 Å². The van der Waals surface area contributed by atoms with Gasteiger partial charge in [0.05, 0.1) is 13.2 Å². The van der Waals surface area contributed by atoms with Gasteiger partial charge in [-0.25, -0.2) is 4.57 Å². The Labute approximate surface area is 393 Å². The van der Waals surface area contributed by atoms with Gasteiger partial charge in [0.25, 0.3) is 0 Å². The van der Waals surface area contributed by atoms with E-state index in [0.29, 0.717) is 13.0 Å². The average molecular weight is 939 g/mol. The molecule has 0 heterocycles. The van der Waals surface area contributed by atoms with Crippen molar-refractivity contribution < 1.29 is 58.3 Å². The van der Waals surface area contributed by atoms with Gasteiger partial charge in [-0.05, 0) is 83.5 Å². The number of rotatable bonds is 42. The molecule has 12 nitrogen and oxygen atoms in total. The zero-order valence-corrected chi connectivity index (χ0v) is 41.2. The van der Waals surface area contributed by atoms with Crippen LogP contribution in [-0.2, 0) is 27.9 Å². The van der Waals surface area contributed by atoms with Crippen LogP contribution < -0.4 is 0 Å². The van der Waals surface area contributed by atoms with Crippen LogP contribution in [0.4, 0.5) is 0 Å². The van der Waals surface area contributed by atoms with Gasteiger partial charge < -0.3 is 39.9 Å². The molecule has 0 aromatic rings. The molecule has 1 aliphatic carbocycles. The lowest BCUT2D eigenvalue weighted by atomic mass is 9.85. The predicted molar refractivity (Wildman–Crippen MR) is 262 cm³/mol. The van der Waals surface area contributed by atoms with Gasteiger partial charge in [-0.15, -0.1) is 0 Å². The van der Waals surface area contributed by atoms with E-state index in [-0.39, 0.29) is 13.0 Å². The highest BCUT2D eigenvalue weighted by Gasteiger charge is 2.51. The Kier molecular flexibility index (Phi) is 39.2. The number of phosphoric ester groups is 1. The van der Waals surface area contributed by atoms with Crippen LogP contribution in [0.3, 0.4) is 0 Å². The summed E-state index contributed by atoms with van der Waals surface area (Å²) in [6.07, 6.45) is 42.5. The maximum atomic E-state index is 12.8. The topological polar surface area (TPSA) is 192 Å². The van der Waals surface area contributed by atoms with Gasteiger partial charge in [-0.2, -0.15) is 0 Å². The van der Waals surface area contributed by atoms with Crippen molar-refractivity contribution in [1.82, 2.24) is 0 Å². The molecule has 1 rings (SSSR count). The van der Waals surface area contributed by atoms with E-state index in [2.05, 4.69) is 86.8 Å². The number of allylic oxidation sites excluding steroid dienone is 12. The number of aliphatic hydroxyl groups excluding tert-OH is 5. The molecule has 6 unspecified atom stereocenters. The molecule has 0 aromatic carbocycles. The molecule has 0 aliphatic heterocycles. The second-order valence-corrected chi connectivity index (χ2v) is 18.7. The minimum atomic E-state index is -5.04. The summed E-state index contributed by atoms with van der Waals surface area (Å²) in [7, 11) is -5.04. The lowest BCUT2D eigenvalue weighted by molar-refractivity contribution is -0.220. The number of unbranched alkanes of at least 4 members (excludes halogenated alkanes) is 18. The maximum absolute atomic E-state index is 12.8. The number of aliphatic hydroxyl groups is 5. The number of phosphoric acid groups is 1. The number of carbonyl (C=O) groups excluding carboxylic acids is 1. The van der Waals surface area contributed by atoms with Crippen molar-refractivity contribution in [2.75, 3.05) is 19.8 Å². The lowest BCUT2D eigenvalue weighted by Crippen LogP contribution is -2.64. The number of hydrogen-bond acceptors (Lipinski definition) is 11. The number of ether oxygens (including phenoxy) is 2. The normalized spacial score (nSPS) is 22.2. The third-order valence-electron chi connectivity index (χ3n) is 11.3. The van der Waals surface area contributed by atoms with Crippen molar-refractivity contribution in [2.24, 2.45) is 0 Å². The Morgan fingerprint density at radius 1 is 0.508 bits per heavy atom. The molecule has 6 N–H and O–H groups in total. The van der Waals surface area contributed by atoms with E-state index in [0.717, 1.165) is 83.5 Å². The van der Waals surface area contributed by atoms with E-state index in [9.17, 15) is 39.8 Å². The van der Waals surface area contributed by atoms with Crippen molar-refractivity contribution in [3.05, 3.63) is 72.9 Å². The molecule has 0 saturated heterocycles. The van der Waals surface area contributed by atoms with E-state index in [1.54, 1.807) is 0 Å². The molecule has 0 bridgehead atoms. The molecule has 6 atom stereocenters. The third-order valence-corrected chi connectivity index (χ3v) is 12.3. The maximum Gasteiger partial charge on any atom is 0.472 e. The van der Waals surface area contributed by atoms with Gasteiger partial charge in [0, 0.05) is 13.0 Å². The Hall–Kier alpha value is -2.22. The number of carbonyl (C=O) groups is 1. The fourth-order valence-electron chi connectivity index (χ4n) is 7.32. The lowest BCUT2D eigenvalue weighted by Gasteiger charge is -2.41. The zero-order valence-electron chi connectivity index (χ0n) is 40.3. The number of esters is 1. The molecule has 13 heteroatoms. The first-order chi connectivity index (χ1) is 31.5. The van der Waals surface area contributed by atoms with Gasteiger partial charge in [0.1, 0.15) is 42.7 Å². The van der Waals surface area contributed by atoms with Gasteiger partial charge in [-0.1, -0.05) is 170 Å². The second kappa shape index (κ2) is 41.9. The fourth-order valence-corrected chi connectivity index (χ4v) is 8.29. The summed E-state index contributed by atoms with van der Waals surface area (Å²) in [6, 6.07) is 0. The summed E-state index contributed by atoms with van der Waals surface area (Å²) in [6.45, 7) is 4.11. The van der Waals surface area contributed by atoms with E-state index < -0.39 is 63.1 Å². The van der Waals surface area contributed by atoms with Crippen LogP contribution in [0.15, 0.2) is 72.9 Å². The molecular formula is C52H91O12P. The Morgan fingerprint density at radius 3 is 1.40 bits per heavy atom. The van der Waals surface area contributed by atoms with Crippen LogP contribution in [0.5, 0.6) is 0 Å². The summed E-state index contributed by atoms with van der Waals surface area (Å²) in [5.74, 6) is -0.511. The first-order valence-electron chi connectivity index (χ1n) is 25.3. The van der Waals surface area contributed by atoms with Crippen molar-refractivity contribution in [3.63, 3.8) is 0 Å². The van der Waals surface area contributed by atoms with Crippen molar-refractivity contribution in [1.29, 1.82) is 0 Å². The van der Waals surface area contributed by atoms with Gasteiger partial charge in [0.2, 0.25) is 0 Å². The van der Waals surface area contributed by atoms with E-state index in [4.69, 9.17) is 18.5 Å². The molecule has 376 valence electrons. The second-order valence-electron chi connectivity index (χ2n) is 17.3. The largest absolute Gasteiger partial charge is 0.472 e. The van der Waals surface area contributed by atoms with Gasteiger partial charge in [-0.3, -0.25) is 13.8 Å². The number of hydrogen-bond donors (Lipinski definition) is 6. The molecule has 1 fully saturated rings. The first kappa shape index (κ1) is 60.8. The summed E-state index contributed by atoms with van der Waals surface area (Å²) < 4.78 is 34.2. The van der Waals surface area contributed by atoms with Crippen LogP contribution in [-0.4, -0.2) is 98.9 Å². The van der Waals surface area contributed by atoms with Crippen LogP contribution >= 0.6 is 7.82 Å². The molecule has 0 aromatic heterocycles.